The molecule has 0 aliphatic rings. The first-order valence-electron chi connectivity index (χ1n) is 13.0. The largest absolute Gasteiger partial charge is 0.352 e. The minimum Gasteiger partial charge on any atom is -0.352 e. The molecule has 0 aliphatic carbocycles. The highest BCUT2D eigenvalue weighted by Gasteiger charge is 2.34. The van der Waals surface area contributed by atoms with Crippen molar-refractivity contribution in [2.24, 2.45) is 0 Å². The average Bonchev–Trinajstić information content (AvgIpc) is 2.90. The van der Waals surface area contributed by atoms with Gasteiger partial charge in [0.1, 0.15) is 12.6 Å². The lowest BCUT2D eigenvalue weighted by atomic mass is 10.1. The van der Waals surface area contributed by atoms with Crippen LogP contribution in [0.2, 0.25) is 5.02 Å². The van der Waals surface area contributed by atoms with Crippen LogP contribution in [0.15, 0.2) is 83.8 Å². The molecule has 39 heavy (non-hydrogen) atoms. The molecule has 0 aliphatic heterocycles. The molecule has 0 aromatic heterocycles. The van der Waals surface area contributed by atoms with E-state index in [-0.39, 0.29) is 34.1 Å². The van der Waals surface area contributed by atoms with Crippen LogP contribution in [0.5, 0.6) is 0 Å². The fraction of sp³-hybridized carbons (Fsp3) is 0.333. The minimum atomic E-state index is -4.16. The van der Waals surface area contributed by atoms with Crippen LogP contribution in [-0.2, 0) is 26.0 Å². The number of nitrogens with one attached hydrogen (secondary N) is 1. The van der Waals surface area contributed by atoms with E-state index in [4.69, 9.17) is 11.6 Å². The maximum atomic E-state index is 14.0. The van der Waals surface area contributed by atoms with Crippen molar-refractivity contribution < 1.29 is 18.0 Å². The summed E-state index contributed by atoms with van der Waals surface area (Å²) in [5, 5.41) is 3.09. The Morgan fingerprint density at radius 2 is 1.54 bits per heavy atom. The molecule has 7 nitrogen and oxygen atoms in total. The number of anilines is 1. The van der Waals surface area contributed by atoms with Gasteiger partial charge in [-0.2, -0.15) is 0 Å². The number of hydrogen-bond acceptors (Lipinski definition) is 4. The molecular formula is C30H36ClN3O4S. The van der Waals surface area contributed by atoms with Crippen molar-refractivity contribution in [2.45, 2.75) is 57.5 Å². The summed E-state index contributed by atoms with van der Waals surface area (Å²) < 4.78 is 28.8. The number of rotatable bonds is 12. The molecule has 0 bridgehead atoms. The summed E-state index contributed by atoms with van der Waals surface area (Å²) in [4.78, 5) is 28.7. The van der Waals surface area contributed by atoms with Crippen molar-refractivity contribution >= 4 is 39.1 Å². The lowest BCUT2D eigenvalue weighted by Crippen LogP contribution is -2.54. The lowest BCUT2D eigenvalue weighted by molar-refractivity contribution is -0.139. The minimum absolute atomic E-state index is 0.0428. The molecule has 208 valence electrons. The molecule has 3 aromatic carbocycles. The highest BCUT2D eigenvalue weighted by atomic mass is 35.5. The van der Waals surface area contributed by atoms with E-state index in [1.807, 2.05) is 58.0 Å². The molecule has 0 saturated heterocycles. The smallest absolute Gasteiger partial charge is 0.264 e. The second kappa shape index (κ2) is 13.6. The van der Waals surface area contributed by atoms with Crippen LogP contribution >= 0.6 is 11.6 Å². The Balaban J connectivity index is 2.02. The second-order valence-electron chi connectivity index (χ2n) is 9.69. The molecule has 3 aromatic rings. The number of amides is 2. The quantitative estimate of drug-likeness (QED) is 0.324. The number of sulfonamides is 1. The predicted octanol–water partition coefficient (Wildman–Crippen LogP) is 5.22. The lowest BCUT2D eigenvalue weighted by Gasteiger charge is -2.33. The topological polar surface area (TPSA) is 86.8 Å². The van der Waals surface area contributed by atoms with Crippen molar-refractivity contribution in [2.75, 3.05) is 17.4 Å². The fourth-order valence-electron chi connectivity index (χ4n) is 4.28. The van der Waals surface area contributed by atoms with E-state index in [0.717, 1.165) is 15.4 Å². The van der Waals surface area contributed by atoms with Crippen LogP contribution in [0.1, 0.15) is 38.3 Å². The summed E-state index contributed by atoms with van der Waals surface area (Å²) in [6.45, 7) is 7.14. The van der Waals surface area contributed by atoms with Crippen molar-refractivity contribution in [3.63, 3.8) is 0 Å². The molecule has 0 radical (unpaired) electrons. The summed E-state index contributed by atoms with van der Waals surface area (Å²) in [5.41, 5.74) is 2.10. The van der Waals surface area contributed by atoms with E-state index in [0.29, 0.717) is 12.8 Å². The SMILES string of the molecule is CC[C@@H](C(=O)NC(C)C)N(CCc1ccccc1)C(=O)CN(c1ccccc1Cl)S(=O)(=O)c1ccc(C)cc1. The molecule has 1 N–H and O–H groups in total. The molecule has 2 amide bonds. The van der Waals surface area contributed by atoms with E-state index in [2.05, 4.69) is 5.32 Å². The van der Waals surface area contributed by atoms with E-state index in [9.17, 15) is 18.0 Å². The summed E-state index contributed by atoms with van der Waals surface area (Å²) in [6.07, 6.45) is 0.880. The Bertz CT molecular complexity index is 1360. The summed E-state index contributed by atoms with van der Waals surface area (Å²) in [7, 11) is -4.16. The van der Waals surface area contributed by atoms with Crippen molar-refractivity contribution in [1.82, 2.24) is 10.2 Å². The first kappa shape index (κ1) is 30.2. The molecule has 0 spiro atoms. The number of para-hydroxylation sites is 1. The van der Waals surface area contributed by atoms with Gasteiger partial charge in [-0.3, -0.25) is 13.9 Å². The Labute approximate surface area is 236 Å². The zero-order chi connectivity index (χ0) is 28.6. The second-order valence-corrected chi connectivity index (χ2v) is 12.0. The van der Waals surface area contributed by atoms with E-state index < -0.39 is 28.5 Å². The first-order valence-corrected chi connectivity index (χ1v) is 14.8. The fourth-order valence-corrected chi connectivity index (χ4v) is 6.00. The van der Waals surface area contributed by atoms with Gasteiger partial charge in [0.25, 0.3) is 10.0 Å². The third-order valence-electron chi connectivity index (χ3n) is 6.31. The van der Waals surface area contributed by atoms with Crippen LogP contribution in [0.4, 0.5) is 5.69 Å². The standard InChI is InChI=1S/C30H36ClN3O4S/c1-5-27(30(36)32-22(2)3)33(20-19-24-11-7-6-8-12-24)29(35)21-34(28-14-10-9-13-26(28)31)39(37,38)25-17-15-23(4)16-18-25/h6-18,22,27H,5,19-21H2,1-4H3,(H,32,36)/t27-/m0/s1. The van der Waals surface area contributed by atoms with Gasteiger partial charge in [-0.15, -0.1) is 0 Å². The highest BCUT2D eigenvalue weighted by molar-refractivity contribution is 7.92. The van der Waals surface area contributed by atoms with Crippen molar-refractivity contribution in [3.8, 4) is 0 Å². The summed E-state index contributed by atoms with van der Waals surface area (Å²) in [6, 6.07) is 21.7. The zero-order valence-electron chi connectivity index (χ0n) is 22.8. The van der Waals surface area contributed by atoms with E-state index in [1.54, 1.807) is 36.4 Å². The molecule has 0 fully saturated rings. The number of hydrogen-bond donors (Lipinski definition) is 1. The van der Waals surface area contributed by atoms with Crippen LogP contribution in [0.3, 0.4) is 0 Å². The zero-order valence-corrected chi connectivity index (χ0v) is 24.4. The Morgan fingerprint density at radius 1 is 0.923 bits per heavy atom. The number of aryl methyl sites for hydroxylation is 1. The van der Waals surface area contributed by atoms with Crippen LogP contribution in [0, 0.1) is 6.92 Å². The van der Waals surface area contributed by atoms with E-state index in [1.165, 1.54) is 17.0 Å². The molecule has 0 saturated carbocycles. The normalized spacial score (nSPS) is 12.2. The van der Waals surface area contributed by atoms with E-state index >= 15 is 0 Å². The number of halogens is 1. The molecular weight excluding hydrogens is 534 g/mol. The maximum Gasteiger partial charge on any atom is 0.264 e. The number of carbonyl (C=O) groups is 2. The van der Waals surface area contributed by atoms with Crippen LogP contribution in [0.25, 0.3) is 0 Å². The molecule has 9 heteroatoms. The highest BCUT2D eigenvalue weighted by Crippen LogP contribution is 2.30. The predicted molar refractivity (Wildman–Crippen MR) is 156 cm³/mol. The third-order valence-corrected chi connectivity index (χ3v) is 8.40. The average molecular weight is 570 g/mol. The molecule has 0 heterocycles. The monoisotopic (exact) mass is 569 g/mol. The summed E-state index contributed by atoms with van der Waals surface area (Å²) in [5.74, 6) is -0.771. The Kier molecular flexibility index (Phi) is 10.5. The Hall–Kier alpha value is -3.36. The van der Waals surface area contributed by atoms with Gasteiger partial charge in [0.05, 0.1) is 15.6 Å². The van der Waals surface area contributed by atoms with Gasteiger partial charge in [-0.05, 0) is 63.4 Å². The van der Waals surface area contributed by atoms with Crippen LogP contribution in [-0.4, -0.2) is 50.3 Å². The first-order chi connectivity index (χ1) is 18.5. The van der Waals surface area contributed by atoms with Crippen molar-refractivity contribution in [1.29, 1.82) is 0 Å². The maximum absolute atomic E-state index is 14.0. The van der Waals surface area contributed by atoms with Gasteiger partial charge in [-0.25, -0.2) is 8.42 Å². The number of carbonyl (C=O) groups excluding carboxylic acids is 2. The number of benzene rings is 3. The summed E-state index contributed by atoms with van der Waals surface area (Å²) >= 11 is 6.44. The number of nitrogens with zero attached hydrogens (tertiary/aromatic N) is 2. The van der Waals surface area contributed by atoms with Crippen LogP contribution < -0.4 is 9.62 Å². The van der Waals surface area contributed by atoms with Gasteiger partial charge in [0.2, 0.25) is 11.8 Å². The molecule has 0 unspecified atom stereocenters. The molecule has 1 atom stereocenters. The van der Waals surface area contributed by atoms with Gasteiger partial charge in [0.15, 0.2) is 0 Å². The van der Waals surface area contributed by atoms with Gasteiger partial charge in [0, 0.05) is 12.6 Å². The third kappa shape index (κ3) is 7.83. The Morgan fingerprint density at radius 3 is 2.13 bits per heavy atom. The van der Waals surface area contributed by atoms with Gasteiger partial charge in [-0.1, -0.05) is 78.7 Å². The molecule has 3 rings (SSSR count). The van der Waals surface area contributed by atoms with Gasteiger partial charge >= 0.3 is 0 Å². The van der Waals surface area contributed by atoms with Gasteiger partial charge < -0.3 is 10.2 Å². The van der Waals surface area contributed by atoms with Crippen molar-refractivity contribution in [3.05, 3.63) is 95.0 Å².